The Labute approximate surface area is 153 Å². The van der Waals surface area contributed by atoms with Crippen LogP contribution in [0.5, 0.6) is 5.75 Å². The molecule has 136 valence electrons. The summed E-state index contributed by atoms with van der Waals surface area (Å²) in [6.07, 6.45) is 0.992. The standard InChI is InChI=1S/C20H23N3O3/c1-26-18-10-6-5-7-15(18)11-12-21-20(25)22-16-13-19(24)23(14-16)17-8-3-2-4-9-17/h2-10,16H,11-14H2,1H3,(H2,21,22,25)/t16-/m1/s1. The van der Waals surface area contributed by atoms with Gasteiger partial charge in [0.05, 0.1) is 13.2 Å². The molecule has 0 aliphatic carbocycles. The number of para-hydroxylation sites is 2. The zero-order valence-electron chi connectivity index (χ0n) is 14.8. The Balaban J connectivity index is 1.46. The van der Waals surface area contributed by atoms with Crippen molar-refractivity contribution < 1.29 is 14.3 Å². The van der Waals surface area contributed by atoms with E-state index in [0.717, 1.165) is 17.0 Å². The third-order valence-electron chi connectivity index (χ3n) is 4.40. The van der Waals surface area contributed by atoms with Crippen LogP contribution in [0.2, 0.25) is 0 Å². The van der Waals surface area contributed by atoms with Gasteiger partial charge < -0.3 is 20.3 Å². The van der Waals surface area contributed by atoms with Crippen LogP contribution in [-0.4, -0.2) is 38.2 Å². The second kappa shape index (κ2) is 8.38. The molecular formula is C20H23N3O3. The fraction of sp³-hybridized carbons (Fsp3) is 0.300. The molecule has 2 N–H and O–H groups in total. The monoisotopic (exact) mass is 353 g/mol. The Kier molecular flexibility index (Phi) is 5.73. The number of ether oxygens (including phenoxy) is 1. The summed E-state index contributed by atoms with van der Waals surface area (Å²) in [4.78, 5) is 26.0. The molecule has 1 aliphatic rings. The lowest BCUT2D eigenvalue weighted by Gasteiger charge is -2.17. The maximum Gasteiger partial charge on any atom is 0.315 e. The first-order valence-electron chi connectivity index (χ1n) is 8.69. The molecule has 0 unspecified atom stereocenters. The van der Waals surface area contributed by atoms with Gasteiger partial charge >= 0.3 is 6.03 Å². The lowest BCUT2D eigenvalue weighted by Crippen LogP contribution is -2.43. The highest BCUT2D eigenvalue weighted by atomic mass is 16.5. The fourth-order valence-corrected chi connectivity index (χ4v) is 3.12. The Hall–Kier alpha value is -3.02. The van der Waals surface area contributed by atoms with Crippen LogP contribution in [0.4, 0.5) is 10.5 Å². The molecule has 0 aromatic heterocycles. The van der Waals surface area contributed by atoms with E-state index in [1.165, 1.54) is 0 Å². The first-order valence-corrected chi connectivity index (χ1v) is 8.69. The highest BCUT2D eigenvalue weighted by molar-refractivity contribution is 5.96. The zero-order valence-corrected chi connectivity index (χ0v) is 14.8. The Morgan fingerprint density at radius 1 is 1.15 bits per heavy atom. The predicted octanol–water partition coefficient (Wildman–Crippen LogP) is 2.34. The summed E-state index contributed by atoms with van der Waals surface area (Å²) in [6, 6.07) is 16.8. The van der Waals surface area contributed by atoms with Crippen molar-refractivity contribution in [1.82, 2.24) is 10.6 Å². The quantitative estimate of drug-likeness (QED) is 0.837. The number of urea groups is 1. The van der Waals surface area contributed by atoms with Crippen molar-refractivity contribution >= 4 is 17.6 Å². The van der Waals surface area contributed by atoms with Crippen LogP contribution in [0.3, 0.4) is 0 Å². The largest absolute Gasteiger partial charge is 0.496 e. The van der Waals surface area contributed by atoms with Crippen molar-refractivity contribution in [3.05, 3.63) is 60.2 Å². The molecule has 6 nitrogen and oxygen atoms in total. The van der Waals surface area contributed by atoms with Crippen LogP contribution < -0.4 is 20.3 Å². The van der Waals surface area contributed by atoms with E-state index >= 15 is 0 Å². The van der Waals surface area contributed by atoms with Crippen LogP contribution in [0.15, 0.2) is 54.6 Å². The summed E-state index contributed by atoms with van der Waals surface area (Å²) < 4.78 is 5.30. The van der Waals surface area contributed by atoms with E-state index in [4.69, 9.17) is 4.74 Å². The number of hydrogen-bond acceptors (Lipinski definition) is 3. The van der Waals surface area contributed by atoms with Crippen molar-refractivity contribution in [1.29, 1.82) is 0 Å². The number of hydrogen-bond donors (Lipinski definition) is 2. The van der Waals surface area contributed by atoms with Crippen molar-refractivity contribution in [2.75, 3.05) is 25.1 Å². The minimum atomic E-state index is -0.257. The molecule has 2 aromatic carbocycles. The summed E-state index contributed by atoms with van der Waals surface area (Å²) in [5, 5.41) is 5.72. The number of nitrogens with one attached hydrogen (secondary N) is 2. The highest BCUT2D eigenvalue weighted by Gasteiger charge is 2.31. The molecule has 1 heterocycles. The fourth-order valence-electron chi connectivity index (χ4n) is 3.12. The molecule has 0 saturated carbocycles. The molecule has 0 radical (unpaired) electrons. The second-order valence-corrected chi connectivity index (χ2v) is 6.20. The molecule has 2 aromatic rings. The van der Waals surface area contributed by atoms with Gasteiger partial charge in [-0.05, 0) is 30.2 Å². The highest BCUT2D eigenvalue weighted by Crippen LogP contribution is 2.21. The van der Waals surface area contributed by atoms with Crippen LogP contribution in [0.1, 0.15) is 12.0 Å². The molecule has 26 heavy (non-hydrogen) atoms. The summed E-state index contributed by atoms with van der Waals surface area (Å²) in [5.41, 5.74) is 1.90. The van der Waals surface area contributed by atoms with E-state index in [-0.39, 0.29) is 18.0 Å². The average Bonchev–Trinajstić information content (AvgIpc) is 3.03. The molecule has 6 heteroatoms. The number of carbonyl (C=O) groups excluding carboxylic acids is 2. The van der Waals surface area contributed by atoms with Gasteiger partial charge in [-0.3, -0.25) is 4.79 Å². The lowest BCUT2D eigenvalue weighted by molar-refractivity contribution is -0.117. The molecule has 1 saturated heterocycles. The Morgan fingerprint density at radius 3 is 2.65 bits per heavy atom. The Morgan fingerprint density at radius 2 is 1.88 bits per heavy atom. The summed E-state index contributed by atoms with van der Waals surface area (Å²) in [6.45, 7) is 0.984. The van der Waals surface area contributed by atoms with E-state index in [1.807, 2.05) is 54.6 Å². The van der Waals surface area contributed by atoms with Gasteiger partial charge in [0.25, 0.3) is 0 Å². The van der Waals surface area contributed by atoms with Crippen LogP contribution >= 0.6 is 0 Å². The topological polar surface area (TPSA) is 70.7 Å². The zero-order chi connectivity index (χ0) is 18.4. The molecule has 3 amide bonds. The molecule has 3 rings (SSSR count). The number of methoxy groups -OCH3 is 1. The summed E-state index contributed by atoms with van der Waals surface area (Å²) in [7, 11) is 1.63. The van der Waals surface area contributed by atoms with Crippen molar-refractivity contribution in [2.45, 2.75) is 18.9 Å². The third-order valence-corrected chi connectivity index (χ3v) is 4.40. The van der Waals surface area contributed by atoms with Crippen molar-refractivity contribution in [3.63, 3.8) is 0 Å². The van der Waals surface area contributed by atoms with E-state index in [9.17, 15) is 9.59 Å². The average molecular weight is 353 g/mol. The third kappa shape index (κ3) is 4.33. The van der Waals surface area contributed by atoms with Gasteiger partial charge in [-0.1, -0.05) is 36.4 Å². The minimum Gasteiger partial charge on any atom is -0.496 e. The number of amides is 3. The van der Waals surface area contributed by atoms with Gasteiger partial charge in [0, 0.05) is 25.2 Å². The maximum atomic E-state index is 12.2. The van der Waals surface area contributed by atoms with Gasteiger partial charge in [-0.2, -0.15) is 0 Å². The number of anilines is 1. The Bertz CT molecular complexity index is 764. The molecular weight excluding hydrogens is 330 g/mol. The first-order chi connectivity index (χ1) is 12.7. The van der Waals surface area contributed by atoms with Crippen LogP contribution in [0, 0.1) is 0 Å². The molecule has 1 aliphatic heterocycles. The lowest BCUT2D eigenvalue weighted by atomic mass is 10.1. The SMILES string of the molecule is COc1ccccc1CCNC(=O)N[C@@H]1CC(=O)N(c2ccccc2)C1. The number of carbonyl (C=O) groups is 2. The first kappa shape index (κ1) is 17.8. The van der Waals surface area contributed by atoms with Crippen molar-refractivity contribution in [3.8, 4) is 5.75 Å². The maximum absolute atomic E-state index is 12.2. The molecule has 0 bridgehead atoms. The molecule has 1 fully saturated rings. The smallest absolute Gasteiger partial charge is 0.315 e. The van der Waals surface area contributed by atoms with Crippen LogP contribution in [-0.2, 0) is 11.2 Å². The second-order valence-electron chi connectivity index (χ2n) is 6.20. The number of benzene rings is 2. The molecule has 1 atom stereocenters. The summed E-state index contributed by atoms with van der Waals surface area (Å²) >= 11 is 0. The van der Waals surface area contributed by atoms with E-state index in [1.54, 1.807) is 12.0 Å². The normalized spacial score (nSPS) is 16.4. The van der Waals surface area contributed by atoms with Gasteiger partial charge in [0.1, 0.15) is 5.75 Å². The summed E-state index contributed by atoms with van der Waals surface area (Å²) in [5.74, 6) is 0.838. The number of rotatable bonds is 6. The minimum absolute atomic E-state index is 0.0236. The van der Waals surface area contributed by atoms with Gasteiger partial charge in [-0.15, -0.1) is 0 Å². The van der Waals surface area contributed by atoms with Gasteiger partial charge in [0.2, 0.25) is 5.91 Å². The van der Waals surface area contributed by atoms with E-state index < -0.39 is 0 Å². The number of nitrogens with zero attached hydrogens (tertiary/aromatic N) is 1. The van der Waals surface area contributed by atoms with E-state index in [2.05, 4.69) is 10.6 Å². The van der Waals surface area contributed by atoms with Crippen LogP contribution in [0.25, 0.3) is 0 Å². The van der Waals surface area contributed by atoms with Gasteiger partial charge in [0.15, 0.2) is 0 Å². The van der Waals surface area contributed by atoms with E-state index in [0.29, 0.717) is 25.9 Å². The molecule has 0 spiro atoms. The van der Waals surface area contributed by atoms with Gasteiger partial charge in [-0.25, -0.2) is 4.79 Å². The van der Waals surface area contributed by atoms with Crippen molar-refractivity contribution in [2.24, 2.45) is 0 Å². The predicted molar refractivity (Wildman–Crippen MR) is 100 cm³/mol.